The lowest BCUT2D eigenvalue weighted by molar-refractivity contribution is 1.33. The van der Waals surface area contributed by atoms with Crippen LogP contribution < -0.4 is 0 Å². The molecule has 0 aliphatic rings. The van der Waals surface area contributed by atoms with E-state index in [1.54, 1.807) is 0 Å². The molecule has 0 spiro atoms. The molecule has 2 heterocycles. The summed E-state index contributed by atoms with van der Waals surface area (Å²) in [7, 11) is 0. The largest absolute Gasteiger partial charge is 0.264 e. The molecule has 0 aliphatic heterocycles. The highest BCUT2D eigenvalue weighted by Gasteiger charge is 2.15. The Balaban J connectivity index is 1.31. The van der Waals surface area contributed by atoms with Crippen molar-refractivity contribution >= 4 is 43.2 Å². The molecule has 2 nitrogen and oxygen atoms in total. The van der Waals surface area contributed by atoms with E-state index in [1.165, 1.54) is 54.6 Å². The number of benzene rings is 6. The number of nitrogens with zero attached hydrogens (tertiary/aromatic N) is 2. The van der Waals surface area contributed by atoms with Crippen LogP contribution in [-0.4, -0.2) is 9.97 Å². The normalized spacial score (nSPS) is 11.7. The van der Waals surface area contributed by atoms with Crippen LogP contribution in [-0.2, 0) is 0 Å². The zero-order chi connectivity index (χ0) is 25.1. The fourth-order valence-electron chi connectivity index (χ4n) is 5.99. The Hall–Kier alpha value is -5.08. The molecule has 0 N–H and O–H groups in total. The molecule has 0 saturated carbocycles. The van der Waals surface area contributed by atoms with Crippen LogP contribution in [0.1, 0.15) is 0 Å². The van der Waals surface area contributed by atoms with Gasteiger partial charge in [-0.3, -0.25) is 9.97 Å². The summed E-state index contributed by atoms with van der Waals surface area (Å²) in [5, 5.41) is 8.89. The number of rotatable bonds is 3. The summed E-state index contributed by atoms with van der Waals surface area (Å²) in [6, 6.07) is 41.6. The van der Waals surface area contributed by atoms with Gasteiger partial charge in [0.1, 0.15) is 0 Å². The number of hydrogen-bond acceptors (Lipinski definition) is 2. The highest BCUT2D eigenvalue weighted by molar-refractivity contribution is 6.27. The Morgan fingerprint density at radius 3 is 1.68 bits per heavy atom. The molecule has 0 fully saturated rings. The summed E-state index contributed by atoms with van der Waals surface area (Å²) < 4.78 is 0. The lowest BCUT2D eigenvalue weighted by Crippen LogP contribution is -1.90. The van der Waals surface area contributed by atoms with E-state index in [4.69, 9.17) is 0 Å². The van der Waals surface area contributed by atoms with E-state index in [-0.39, 0.29) is 0 Å². The maximum Gasteiger partial charge on any atom is 0.0780 e. The van der Waals surface area contributed by atoms with Gasteiger partial charge in [0.15, 0.2) is 0 Å². The average Bonchev–Trinajstić information content (AvgIpc) is 3.00. The van der Waals surface area contributed by atoms with Gasteiger partial charge in [-0.2, -0.15) is 0 Å². The third kappa shape index (κ3) is 3.14. The molecular formula is C36H22N2. The number of hydrogen-bond donors (Lipinski definition) is 0. The zero-order valence-electron chi connectivity index (χ0n) is 20.6. The van der Waals surface area contributed by atoms with Crippen LogP contribution in [0.3, 0.4) is 0 Å². The highest BCUT2D eigenvalue weighted by atomic mass is 14.6. The first kappa shape index (κ1) is 21.0. The van der Waals surface area contributed by atoms with Gasteiger partial charge in [0.05, 0.1) is 5.52 Å². The standard InChI is InChI=1S/C36H22N2/c1-4-27-5-3-21-38-36(27)31(7-1)24-10-8-23(9-11-24)29-16-12-25-15-19-33-30(28-6-2-20-37-22-28)17-13-26-14-18-32(29)34(25)35(26)33/h1-22H. The first-order valence-corrected chi connectivity index (χ1v) is 12.9. The van der Waals surface area contributed by atoms with Crippen molar-refractivity contribution in [2.45, 2.75) is 0 Å². The third-order valence-electron chi connectivity index (χ3n) is 7.78. The second kappa shape index (κ2) is 8.22. The predicted octanol–water partition coefficient (Wildman–Crippen LogP) is 9.53. The quantitative estimate of drug-likeness (QED) is 0.234. The molecule has 0 radical (unpaired) electrons. The van der Waals surface area contributed by atoms with Gasteiger partial charge in [-0.05, 0) is 66.7 Å². The van der Waals surface area contributed by atoms with E-state index < -0.39 is 0 Å². The summed E-state index contributed by atoms with van der Waals surface area (Å²) >= 11 is 0. The Kier molecular flexibility index (Phi) is 4.55. The fourth-order valence-corrected chi connectivity index (χ4v) is 5.99. The monoisotopic (exact) mass is 482 g/mol. The highest BCUT2D eigenvalue weighted by Crippen LogP contribution is 2.42. The third-order valence-corrected chi connectivity index (χ3v) is 7.78. The van der Waals surface area contributed by atoms with Crippen molar-refractivity contribution in [3.05, 3.63) is 134 Å². The van der Waals surface area contributed by atoms with Crippen molar-refractivity contribution in [1.82, 2.24) is 9.97 Å². The van der Waals surface area contributed by atoms with E-state index in [0.29, 0.717) is 0 Å². The summed E-state index contributed by atoms with van der Waals surface area (Å²) in [6.07, 6.45) is 5.64. The van der Waals surface area contributed by atoms with E-state index in [1.807, 2.05) is 30.7 Å². The number of aromatic nitrogens is 2. The smallest absolute Gasteiger partial charge is 0.0780 e. The van der Waals surface area contributed by atoms with Gasteiger partial charge in [-0.25, -0.2) is 0 Å². The average molecular weight is 483 g/mol. The van der Waals surface area contributed by atoms with Gasteiger partial charge >= 0.3 is 0 Å². The van der Waals surface area contributed by atoms with Crippen molar-refractivity contribution in [2.24, 2.45) is 0 Å². The topological polar surface area (TPSA) is 25.8 Å². The molecule has 8 aromatic rings. The van der Waals surface area contributed by atoms with Gasteiger partial charge in [0.25, 0.3) is 0 Å². The molecule has 0 saturated heterocycles. The van der Waals surface area contributed by atoms with Crippen LogP contribution in [0.4, 0.5) is 0 Å². The molecule has 6 aromatic carbocycles. The van der Waals surface area contributed by atoms with Crippen LogP contribution >= 0.6 is 0 Å². The van der Waals surface area contributed by atoms with Gasteiger partial charge < -0.3 is 0 Å². The van der Waals surface area contributed by atoms with E-state index in [0.717, 1.165) is 22.0 Å². The second-order valence-electron chi connectivity index (χ2n) is 9.85. The summed E-state index contributed by atoms with van der Waals surface area (Å²) in [6.45, 7) is 0. The summed E-state index contributed by atoms with van der Waals surface area (Å²) in [5.74, 6) is 0. The maximum atomic E-state index is 4.65. The SMILES string of the molecule is c1cncc(-c2ccc3ccc4c(-c5ccc(-c6cccc7cccnc67)cc5)ccc5ccc2c3c54)c1. The molecule has 0 atom stereocenters. The van der Waals surface area contributed by atoms with Crippen LogP contribution in [0, 0.1) is 0 Å². The minimum atomic E-state index is 1.04. The first-order valence-electron chi connectivity index (χ1n) is 12.9. The number of para-hydroxylation sites is 1. The van der Waals surface area contributed by atoms with Crippen LogP contribution in [0.15, 0.2) is 134 Å². The Bertz CT molecular complexity index is 2100. The van der Waals surface area contributed by atoms with E-state index >= 15 is 0 Å². The van der Waals surface area contributed by atoms with E-state index in [2.05, 4.69) is 113 Å². The number of fused-ring (bicyclic) bond motifs is 1. The molecule has 8 rings (SSSR count). The molecular weight excluding hydrogens is 460 g/mol. The lowest BCUT2D eigenvalue weighted by Gasteiger charge is -2.16. The lowest BCUT2D eigenvalue weighted by atomic mass is 9.87. The molecule has 0 aliphatic carbocycles. The van der Waals surface area contributed by atoms with Crippen LogP contribution in [0.2, 0.25) is 0 Å². The first-order chi connectivity index (χ1) is 18.8. The summed E-state index contributed by atoms with van der Waals surface area (Å²) in [4.78, 5) is 9.02. The minimum absolute atomic E-state index is 1.04. The minimum Gasteiger partial charge on any atom is -0.264 e. The van der Waals surface area contributed by atoms with Gasteiger partial charge in [-0.15, -0.1) is 0 Å². The fraction of sp³-hybridized carbons (Fsp3) is 0. The van der Waals surface area contributed by atoms with Gasteiger partial charge in [0.2, 0.25) is 0 Å². The van der Waals surface area contributed by atoms with Gasteiger partial charge in [0, 0.05) is 35.1 Å². The summed E-state index contributed by atoms with van der Waals surface area (Å²) in [5.41, 5.74) is 8.20. The zero-order valence-corrected chi connectivity index (χ0v) is 20.6. The van der Waals surface area contributed by atoms with Crippen molar-refractivity contribution in [3.8, 4) is 33.4 Å². The van der Waals surface area contributed by atoms with Crippen molar-refractivity contribution < 1.29 is 0 Å². The van der Waals surface area contributed by atoms with Crippen LogP contribution in [0.5, 0.6) is 0 Å². The Morgan fingerprint density at radius 1 is 0.395 bits per heavy atom. The van der Waals surface area contributed by atoms with Crippen molar-refractivity contribution in [1.29, 1.82) is 0 Å². The molecule has 2 aromatic heterocycles. The number of pyridine rings is 2. The second-order valence-corrected chi connectivity index (χ2v) is 9.85. The van der Waals surface area contributed by atoms with Crippen molar-refractivity contribution in [2.75, 3.05) is 0 Å². The Labute approximate surface area is 220 Å². The predicted molar refractivity (Wildman–Crippen MR) is 160 cm³/mol. The molecule has 0 bridgehead atoms. The molecule has 2 heteroatoms. The van der Waals surface area contributed by atoms with E-state index in [9.17, 15) is 0 Å². The molecule has 176 valence electrons. The van der Waals surface area contributed by atoms with Gasteiger partial charge in [-0.1, -0.05) is 103 Å². The van der Waals surface area contributed by atoms with Crippen LogP contribution in [0.25, 0.3) is 76.6 Å². The Morgan fingerprint density at radius 2 is 1.00 bits per heavy atom. The molecule has 0 unspecified atom stereocenters. The van der Waals surface area contributed by atoms with Crippen molar-refractivity contribution in [3.63, 3.8) is 0 Å². The maximum absolute atomic E-state index is 4.65. The molecule has 0 amide bonds. The molecule has 38 heavy (non-hydrogen) atoms.